The number of thiophene rings is 1. The Kier molecular flexibility index (Phi) is 3.39. The summed E-state index contributed by atoms with van der Waals surface area (Å²) in [6.07, 6.45) is 3.87. The Hall–Kier alpha value is -1.12. The van der Waals surface area contributed by atoms with Crippen LogP contribution in [0, 0.1) is 6.92 Å². The predicted octanol–water partition coefficient (Wildman–Crippen LogP) is 6.18. The summed E-state index contributed by atoms with van der Waals surface area (Å²) in [4.78, 5) is 3.36. The minimum atomic E-state index is 0.304. The van der Waals surface area contributed by atoms with Gasteiger partial charge in [-0.05, 0) is 59.7 Å². The molecule has 0 radical (unpaired) electrons. The van der Waals surface area contributed by atoms with Crippen LogP contribution in [0.1, 0.15) is 37.7 Å². The van der Waals surface area contributed by atoms with E-state index in [0.717, 1.165) is 0 Å². The van der Waals surface area contributed by atoms with Crippen LogP contribution in [0.15, 0.2) is 42.5 Å². The Morgan fingerprint density at radius 3 is 2.67 bits per heavy atom. The van der Waals surface area contributed by atoms with Crippen LogP contribution < -0.4 is 0 Å². The first-order valence-corrected chi connectivity index (χ1v) is 9.21. The molecule has 1 unspecified atom stereocenters. The molecule has 0 saturated carbocycles. The van der Waals surface area contributed by atoms with Crippen LogP contribution in [-0.4, -0.2) is 0 Å². The summed E-state index contributed by atoms with van der Waals surface area (Å²) in [5.74, 6) is 0. The van der Waals surface area contributed by atoms with Gasteiger partial charge in [-0.3, -0.25) is 0 Å². The van der Waals surface area contributed by atoms with Crippen LogP contribution in [0.3, 0.4) is 0 Å². The molecule has 3 aromatic rings. The lowest BCUT2D eigenvalue weighted by molar-refractivity contribution is 0.913. The van der Waals surface area contributed by atoms with E-state index in [4.69, 9.17) is 0 Å². The van der Waals surface area contributed by atoms with Gasteiger partial charge in [0.25, 0.3) is 0 Å². The minimum absolute atomic E-state index is 0.304. The maximum Gasteiger partial charge on any atom is 0.0744 e. The number of hydrogen-bond donors (Lipinski definition) is 0. The first-order chi connectivity index (χ1) is 10.2. The van der Waals surface area contributed by atoms with Crippen LogP contribution in [0.4, 0.5) is 0 Å². The molecule has 4 rings (SSSR count). The van der Waals surface area contributed by atoms with E-state index in [1.54, 1.807) is 10.4 Å². The molecule has 0 N–H and O–H groups in total. The summed E-state index contributed by atoms with van der Waals surface area (Å²) in [5, 5.41) is 2.73. The highest BCUT2D eigenvalue weighted by Crippen LogP contribution is 2.42. The van der Waals surface area contributed by atoms with Crippen molar-refractivity contribution in [2.45, 2.75) is 31.0 Å². The lowest BCUT2D eigenvalue weighted by atomic mass is 9.98. The van der Waals surface area contributed by atoms with Gasteiger partial charge in [0.1, 0.15) is 0 Å². The highest BCUT2D eigenvalue weighted by molar-refractivity contribution is 9.09. The molecule has 0 amide bonds. The zero-order valence-electron chi connectivity index (χ0n) is 12.0. The second-order valence-electron chi connectivity index (χ2n) is 5.83. The smallest absolute Gasteiger partial charge is 0.0744 e. The van der Waals surface area contributed by atoms with Crippen LogP contribution in [0.5, 0.6) is 0 Å². The van der Waals surface area contributed by atoms with Gasteiger partial charge in [0.15, 0.2) is 0 Å². The monoisotopic (exact) mass is 356 g/mol. The Bertz CT molecular complexity index is 794. The molecule has 0 aliphatic heterocycles. The summed E-state index contributed by atoms with van der Waals surface area (Å²) >= 11 is 5.94. The van der Waals surface area contributed by atoms with Crippen molar-refractivity contribution >= 4 is 38.0 Å². The molecule has 1 aliphatic carbocycles. The van der Waals surface area contributed by atoms with Crippen LogP contribution in [0.2, 0.25) is 0 Å². The third-order valence-corrected chi connectivity index (χ3v) is 7.06. The summed E-state index contributed by atoms with van der Waals surface area (Å²) < 4.78 is 0. The van der Waals surface area contributed by atoms with Crippen molar-refractivity contribution in [2.75, 3.05) is 0 Å². The van der Waals surface area contributed by atoms with Gasteiger partial charge < -0.3 is 0 Å². The molecule has 1 aromatic heterocycles. The highest BCUT2D eigenvalue weighted by atomic mass is 79.9. The van der Waals surface area contributed by atoms with E-state index in [0.29, 0.717) is 4.83 Å². The number of fused-ring (bicyclic) bond motifs is 2. The van der Waals surface area contributed by atoms with Crippen molar-refractivity contribution in [3.05, 3.63) is 68.9 Å². The van der Waals surface area contributed by atoms with Gasteiger partial charge in [-0.1, -0.05) is 52.3 Å². The largest absolute Gasteiger partial charge is 0.144 e. The number of alkyl halides is 1. The van der Waals surface area contributed by atoms with Gasteiger partial charge in [0.2, 0.25) is 0 Å². The third kappa shape index (κ3) is 2.25. The topological polar surface area (TPSA) is 0 Å². The van der Waals surface area contributed by atoms with E-state index < -0.39 is 0 Å². The van der Waals surface area contributed by atoms with Gasteiger partial charge in [0, 0.05) is 9.75 Å². The van der Waals surface area contributed by atoms with E-state index in [-0.39, 0.29) is 0 Å². The fourth-order valence-corrected chi connectivity index (χ4v) is 5.39. The van der Waals surface area contributed by atoms with Gasteiger partial charge in [-0.15, -0.1) is 11.3 Å². The maximum absolute atomic E-state index is 3.95. The van der Waals surface area contributed by atoms with Gasteiger partial charge in [-0.25, -0.2) is 0 Å². The molecular weight excluding hydrogens is 340 g/mol. The molecule has 21 heavy (non-hydrogen) atoms. The standard InChI is InChI=1S/C19H17BrS/c1-12-9-10-16(15-7-3-2-6-14(12)15)19(20)18-11-13-5-4-8-17(13)21-18/h2-3,6-7,9-11,19H,4-5,8H2,1H3. The molecule has 0 spiro atoms. The van der Waals surface area contributed by atoms with Crippen molar-refractivity contribution in [2.24, 2.45) is 0 Å². The Labute approximate surface area is 137 Å². The summed E-state index contributed by atoms with van der Waals surface area (Å²) in [6.45, 7) is 2.19. The molecule has 2 aromatic carbocycles. The summed E-state index contributed by atoms with van der Waals surface area (Å²) in [7, 11) is 0. The fourth-order valence-electron chi connectivity index (χ4n) is 3.32. The average Bonchev–Trinajstić information content (AvgIpc) is 3.08. The van der Waals surface area contributed by atoms with Gasteiger partial charge in [0.05, 0.1) is 4.83 Å². The number of halogens is 1. The zero-order chi connectivity index (χ0) is 14.4. The summed E-state index contributed by atoms with van der Waals surface area (Å²) in [5.41, 5.74) is 4.31. The first-order valence-electron chi connectivity index (χ1n) is 7.48. The predicted molar refractivity (Wildman–Crippen MR) is 95.8 cm³/mol. The van der Waals surface area contributed by atoms with Crippen LogP contribution in [0.25, 0.3) is 10.8 Å². The maximum atomic E-state index is 3.95. The molecule has 0 fully saturated rings. The van der Waals surface area contributed by atoms with E-state index in [9.17, 15) is 0 Å². The molecule has 1 heterocycles. The minimum Gasteiger partial charge on any atom is -0.144 e. The Morgan fingerprint density at radius 2 is 1.86 bits per heavy atom. The summed E-state index contributed by atoms with van der Waals surface area (Å²) in [6, 6.07) is 15.7. The Balaban J connectivity index is 1.83. The van der Waals surface area contributed by atoms with E-state index in [1.807, 2.05) is 11.3 Å². The van der Waals surface area contributed by atoms with Crippen LogP contribution in [-0.2, 0) is 12.8 Å². The second kappa shape index (κ2) is 5.26. The molecule has 2 heteroatoms. The molecule has 1 atom stereocenters. The number of rotatable bonds is 2. The second-order valence-corrected chi connectivity index (χ2v) is 7.91. The lowest BCUT2D eigenvalue weighted by Crippen LogP contribution is -1.93. The third-order valence-electron chi connectivity index (χ3n) is 4.46. The van der Waals surface area contributed by atoms with Crippen LogP contribution >= 0.6 is 27.3 Å². The van der Waals surface area contributed by atoms with Crippen molar-refractivity contribution in [3.8, 4) is 0 Å². The van der Waals surface area contributed by atoms with Crippen molar-refractivity contribution in [1.29, 1.82) is 0 Å². The average molecular weight is 357 g/mol. The number of benzene rings is 2. The molecule has 0 nitrogen and oxygen atoms in total. The van der Waals surface area contributed by atoms with E-state index >= 15 is 0 Å². The zero-order valence-corrected chi connectivity index (χ0v) is 14.4. The van der Waals surface area contributed by atoms with E-state index in [1.165, 1.54) is 46.0 Å². The van der Waals surface area contributed by atoms with Gasteiger partial charge in [-0.2, -0.15) is 0 Å². The quantitative estimate of drug-likeness (QED) is 0.480. The van der Waals surface area contributed by atoms with Crippen molar-refractivity contribution in [1.82, 2.24) is 0 Å². The first kappa shape index (κ1) is 13.5. The van der Waals surface area contributed by atoms with Crippen molar-refractivity contribution in [3.63, 3.8) is 0 Å². The lowest BCUT2D eigenvalue weighted by Gasteiger charge is -2.13. The molecule has 0 bridgehead atoms. The van der Waals surface area contributed by atoms with E-state index in [2.05, 4.69) is 65.3 Å². The molecule has 0 saturated heterocycles. The number of aryl methyl sites for hydroxylation is 3. The van der Waals surface area contributed by atoms with Crippen molar-refractivity contribution < 1.29 is 0 Å². The normalized spacial score (nSPS) is 15.3. The molecule has 1 aliphatic rings. The molecule has 106 valence electrons. The fraction of sp³-hybridized carbons (Fsp3) is 0.263. The van der Waals surface area contributed by atoms with Gasteiger partial charge >= 0.3 is 0 Å². The SMILES string of the molecule is Cc1ccc(C(Br)c2cc3c(s2)CCC3)c2ccccc12. The molecular formula is C19H17BrS. The highest BCUT2D eigenvalue weighted by Gasteiger charge is 2.21. The number of hydrogen-bond acceptors (Lipinski definition) is 1. The Morgan fingerprint density at radius 1 is 1.05 bits per heavy atom.